The highest BCUT2D eigenvalue weighted by Crippen LogP contribution is 2.13. The molecule has 2 N–H and O–H groups in total. The third-order valence-electron chi connectivity index (χ3n) is 3.77. The van der Waals surface area contributed by atoms with Crippen LogP contribution >= 0.6 is 0 Å². The van der Waals surface area contributed by atoms with E-state index in [4.69, 9.17) is 14.2 Å². The third-order valence-corrected chi connectivity index (χ3v) is 3.77. The van der Waals surface area contributed by atoms with Gasteiger partial charge in [-0.15, -0.1) is 0 Å². The molecule has 0 radical (unpaired) electrons. The molecule has 0 bridgehead atoms. The predicted octanol–water partition coefficient (Wildman–Crippen LogP) is 0.700. The molecule has 0 aliphatic carbocycles. The summed E-state index contributed by atoms with van der Waals surface area (Å²) in [6.07, 6.45) is 4.35. The monoisotopic (exact) mass is 273 g/mol. The number of nitrogens with one attached hydrogen (secondary N) is 1. The van der Waals surface area contributed by atoms with E-state index in [0.717, 1.165) is 38.9 Å². The minimum absolute atomic E-state index is 0.233. The second-order valence-electron chi connectivity index (χ2n) is 5.64. The van der Waals surface area contributed by atoms with Gasteiger partial charge in [-0.1, -0.05) is 0 Å². The molecule has 19 heavy (non-hydrogen) atoms. The van der Waals surface area contributed by atoms with E-state index in [2.05, 4.69) is 12.2 Å². The number of hydrogen-bond donors (Lipinski definition) is 2. The lowest BCUT2D eigenvalue weighted by atomic mass is 10.0. The van der Waals surface area contributed by atoms with E-state index in [1.54, 1.807) is 0 Å². The maximum Gasteiger partial charge on any atom is 0.0897 e. The molecule has 0 amide bonds. The molecule has 0 saturated carbocycles. The molecule has 5 heteroatoms. The summed E-state index contributed by atoms with van der Waals surface area (Å²) in [7, 11) is 0. The van der Waals surface area contributed by atoms with Crippen LogP contribution < -0.4 is 5.32 Å². The van der Waals surface area contributed by atoms with Crippen molar-refractivity contribution in [2.24, 2.45) is 0 Å². The Labute approximate surface area is 115 Å². The molecule has 2 aliphatic rings. The van der Waals surface area contributed by atoms with E-state index in [1.165, 1.54) is 0 Å². The smallest absolute Gasteiger partial charge is 0.0897 e. The van der Waals surface area contributed by atoms with Gasteiger partial charge in [-0.25, -0.2) is 0 Å². The summed E-state index contributed by atoms with van der Waals surface area (Å²) >= 11 is 0. The summed E-state index contributed by atoms with van der Waals surface area (Å²) in [6, 6.07) is 0.455. The van der Waals surface area contributed by atoms with Crippen molar-refractivity contribution < 1.29 is 19.3 Å². The van der Waals surface area contributed by atoms with Gasteiger partial charge in [0.05, 0.1) is 31.5 Å². The van der Waals surface area contributed by atoms with Crippen LogP contribution in [0.25, 0.3) is 0 Å². The lowest BCUT2D eigenvalue weighted by Gasteiger charge is -2.28. The van der Waals surface area contributed by atoms with E-state index in [9.17, 15) is 5.11 Å². The van der Waals surface area contributed by atoms with Crippen molar-refractivity contribution in [3.8, 4) is 0 Å². The van der Waals surface area contributed by atoms with Crippen LogP contribution in [0, 0.1) is 0 Å². The van der Waals surface area contributed by atoms with Crippen LogP contribution in [0.3, 0.4) is 0 Å². The van der Waals surface area contributed by atoms with Crippen molar-refractivity contribution in [2.45, 2.75) is 57.0 Å². The first-order valence-corrected chi connectivity index (χ1v) is 7.46. The van der Waals surface area contributed by atoms with Crippen molar-refractivity contribution in [1.29, 1.82) is 0 Å². The van der Waals surface area contributed by atoms with Gasteiger partial charge >= 0.3 is 0 Å². The molecule has 0 aromatic rings. The number of rotatable bonds is 7. The number of hydrogen-bond acceptors (Lipinski definition) is 5. The first kappa shape index (κ1) is 15.2. The molecule has 0 spiro atoms. The minimum atomic E-state index is -0.445. The molecule has 4 atom stereocenters. The Hall–Kier alpha value is -0.200. The van der Waals surface area contributed by atoms with Crippen LogP contribution in [0.5, 0.6) is 0 Å². The number of aliphatic hydroxyl groups excluding tert-OH is 1. The van der Waals surface area contributed by atoms with Crippen LogP contribution in [0.4, 0.5) is 0 Å². The van der Waals surface area contributed by atoms with Gasteiger partial charge in [0.2, 0.25) is 0 Å². The van der Waals surface area contributed by atoms with Gasteiger partial charge in [0, 0.05) is 25.8 Å². The van der Waals surface area contributed by atoms with Crippen molar-refractivity contribution in [2.75, 3.05) is 33.0 Å². The van der Waals surface area contributed by atoms with Gasteiger partial charge in [-0.05, 0) is 32.6 Å². The second kappa shape index (κ2) is 8.17. The Balaban J connectivity index is 1.50. The molecular formula is C14H27NO4. The van der Waals surface area contributed by atoms with Gasteiger partial charge in [-0.2, -0.15) is 0 Å². The highest BCUT2D eigenvalue weighted by atomic mass is 16.5. The van der Waals surface area contributed by atoms with Crippen LogP contribution in [0.15, 0.2) is 0 Å². The predicted molar refractivity (Wildman–Crippen MR) is 72.2 cm³/mol. The van der Waals surface area contributed by atoms with Crippen molar-refractivity contribution in [3.63, 3.8) is 0 Å². The van der Waals surface area contributed by atoms with E-state index in [0.29, 0.717) is 31.9 Å². The van der Waals surface area contributed by atoms with Crippen LogP contribution in [-0.2, 0) is 14.2 Å². The van der Waals surface area contributed by atoms with Crippen molar-refractivity contribution in [1.82, 2.24) is 5.32 Å². The van der Waals surface area contributed by atoms with E-state index >= 15 is 0 Å². The van der Waals surface area contributed by atoms with Gasteiger partial charge in [0.15, 0.2) is 0 Å². The Morgan fingerprint density at radius 2 is 2.21 bits per heavy atom. The molecule has 4 unspecified atom stereocenters. The fraction of sp³-hybridized carbons (Fsp3) is 1.00. The zero-order valence-corrected chi connectivity index (χ0v) is 11.8. The maximum absolute atomic E-state index is 9.86. The number of aliphatic hydroxyl groups is 1. The zero-order chi connectivity index (χ0) is 13.5. The maximum atomic E-state index is 9.86. The number of ether oxygens (including phenoxy) is 3. The van der Waals surface area contributed by atoms with Crippen molar-refractivity contribution >= 4 is 0 Å². The molecular weight excluding hydrogens is 246 g/mol. The third kappa shape index (κ3) is 5.75. The lowest BCUT2D eigenvalue weighted by molar-refractivity contribution is -0.0206. The summed E-state index contributed by atoms with van der Waals surface area (Å²) in [4.78, 5) is 0. The van der Waals surface area contributed by atoms with Gasteiger partial charge < -0.3 is 24.6 Å². The molecule has 2 heterocycles. The van der Waals surface area contributed by atoms with E-state index in [-0.39, 0.29) is 6.10 Å². The molecule has 0 aromatic carbocycles. The first-order chi connectivity index (χ1) is 9.24. The quantitative estimate of drug-likeness (QED) is 0.715. The van der Waals surface area contributed by atoms with Gasteiger partial charge in [0.25, 0.3) is 0 Å². The van der Waals surface area contributed by atoms with Gasteiger partial charge in [-0.3, -0.25) is 0 Å². The van der Waals surface area contributed by atoms with Crippen molar-refractivity contribution in [3.05, 3.63) is 0 Å². The minimum Gasteiger partial charge on any atom is -0.389 e. The highest BCUT2D eigenvalue weighted by molar-refractivity contribution is 4.76. The Morgan fingerprint density at radius 3 is 2.95 bits per heavy atom. The molecule has 0 aromatic heterocycles. The molecule has 2 rings (SSSR count). The zero-order valence-electron chi connectivity index (χ0n) is 11.8. The Kier molecular flexibility index (Phi) is 6.53. The largest absolute Gasteiger partial charge is 0.389 e. The standard InChI is InChI=1S/C14H27NO4/c1-11-7-12(4-6-18-11)15-8-13(16)9-17-10-14-3-2-5-19-14/h11-16H,2-10H2,1H3. The SMILES string of the molecule is CC1CC(NCC(O)COCC2CCCO2)CCO1. The molecule has 5 nitrogen and oxygen atoms in total. The summed E-state index contributed by atoms with van der Waals surface area (Å²) in [5.41, 5.74) is 0. The second-order valence-corrected chi connectivity index (χ2v) is 5.64. The van der Waals surface area contributed by atoms with Crippen LogP contribution in [0.1, 0.15) is 32.6 Å². The summed E-state index contributed by atoms with van der Waals surface area (Å²) in [5, 5.41) is 13.2. The highest BCUT2D eigenvalue weighted by Gasteiger charge is 2.20. The summed E-state index contributed by atoms with van der Waals surface area (Å²) in [6.45, 7) is 5.32. The molecule has 2 aliphatic heterocycles. The normalized spacial score (nSPS) is 33.5. The summed E-state index contributed by atoms with van der Waals surface area (Å²) < 4.78 is 16.5. The van der Waals surface area contributed by atoms with Crippen LogP contribution in [-0.4, -0.2) is 62.4 Å². The lowest BCUT2D eigenvalue weighted by Crippen LogP contribution is -2.42. The van der Waals surface area contributed by atoms with E-state index < -0.39 is 6.10 Å². The Bertz CT molecular complexity index is 246. The summed E-state index contributed by atoms with van der Waals surface area (Å²) in [5.74, 6) is 0. The molecule has 112 valence electrons. The first-order valence-electron chi connectivity index (χ1n) is 7.46. The average Bonchev–Trinajstić information content (AvgIpc) is 2.90. The van der Waals surface area contributed by atoms with Gasteiger partial charge in [0.1, 0.15) is 0 Å². The Morgan fingerprint density at radius 1 is 1.32 bits per heavy atom. The van der Waals surface area contributed by atoms with Crippen LogP contribution in [0.2, 0.25) is 0 Å². The van der Waals surface area contributed by atoms with E-state index in [1.807, 2.05) is 0 Å². The average molecular weight is 273 g/mol. The fourth-order valence-corrected chi connectivity index (χ4v) is 2.66. The molecule has 2 saturated heterocycles. The topological polar surface area (TPSA) is 60.0 Å². The fourth-order valence-electron chi connectivity index (χ4n) is 2.66. The molecule has 2 fully saturated rings.